The Labute approximate surface area is 80.6 Å². The topological polar surface area (TPSA) is 36.5 Å². The maximum atomic E-state index is 4.97. The molecule has 1 saturated heterocycles. The number of likely N-dealkylation sites (N-methyl/N-ethyl adjacent to an activating group) is 1. The highest BCUT2D eigenvalue weighted by Gasteiger charge is 2.17. The van der Waals surface area contributed by atoms with E-state index in [2.05, 4.69) is 22.6 Å². The molecule has 1 heterocycles. The minimum atomic E-state index is 0.630. The molecule has 0 aromatic heterocycles. The summed E-state index contributed by atoms with van der Waals surface area (Å²) in [5.74, 6) is 0. The van der Waals surface area contributed by atoms with Crippen LogP contribution in [0.1, 0.15) is 0 Å². The first-order chi connectivity index (χ1) is 6.34. The zero-order valence-corrected chi connectivity index (χ0v) is 8.68. The first kappa shape index (κ1) is 10.9. The van der Waals surface area contributed by atoms with Gasteiger partial charge in [0.25, 0.3) is 0 Å². The fourth-order valence-corrected chi connectivity index (χ4v) is 1.53. The zero-order valence-electron chi connectivity index (χ0n) is 8.68. The molecule has 0 spiro atoms. The SMILES string of the molecule is COCCNCC1CNCCN1C. The molecule has 0 radical (unpaired) electrons. The standard InChI is InChI=1S/C9H21N3O/c1-12-5-3-10-7-9(12)8-11-4-6-13-2/h9-11H,3-8H2,1-2H3. The summed E-state index contributed by atoms with van der Waals surface area (Å²) in [6.45, 7) is 6.15. The lowest BCUT2D eigenvalue weighted by Crippen LogP contribution is -2.53. The van der Waals surface area contributed by atoms with E-state index >= 15 is 0 Å². The predicted molar refractivity (Wildman–Crippen MR) is 54.0 cm³/mol. The summed E-state index contributed by atoms with van der Waals surface area (Å²) >= 11 is 0. The smallest absolute Gasteiger partial charge is 0.0587 e. The maximum Gasteiger partial charge on any atom is 0.0587 e. The Hall–Kier alpha value is -0.160. The van der Waals surface area contributed by atoms with E-state index in [1.54, 1.807) is 7.11 Å². The molecular weight excluding hydrogens is 166 g/mol. The molecule has 0 aromatic carbocycles. The molecule has 1 fully saturated rings. The van der Waals surface area contributed by atoms with Crippen molar-refractivity contribution in [1.82, 2.24) is 15.5 Å². The van der Waals surface area contributed by atoms with Crippen LogP contribution in [-0.4, -0.2) is 64.4 Å². The quantitative estimate of drug-likeness (QED) is 0.548. The molecule has 2 N–H and O–H groups in total. The number of methoxy groups -OCH3 is 1. The fraction of sp³-hybridized carbons (Fsp3) is 1.00. The molecule has 0 aromatic rings. The molecule has 0 saturated carbocycles. The van der Waals surface area contributed by atoms with Crippen LogP contribution in [0, 0.1) is 0 Å². The minimum absolute atomic E-state index is 0.630. The summed E-state index contributed by atoms with van der Waals surface area (Å²) in [6.07, 6.45) is 0. The van der Waals surface area contributed by atoms with E-state index in [9.17, 15) is 0 Å². The van der Waals surface area contributed by atoms with E-state index in [1.165, 1.54) is 0 Å². The van der Waals surface area contributed by atoms with Crippen LogP contribution in [0.3, 0.4) is 0 Å². The van der Waals surface area contributed by atoms with Gasteiger partial charge >= 0.3 is 0 Å². The summed E-state index contributed by atoms with van der Waals surface area (Å²) < 4.78 is 4.97. The van der Waals surface area contributed by atoms with Crippen molar-refractivity contribution in [2.75, 3.05) is 53.5 Å². The number of hydrogen-bond acceptors (Lipinski definition) is 4. The largest absolute Gasteiger partial charge is 0.383 e. The third-order valence-electron chi connectivity index (χ3n) is 2.51. The highest BCUT2D eigenvalue weighted by Crippen LogP contribution is 1.97. The molecule has 78 valence electrons. The molecule has 0 amide bonds. The second kappa shape index (κ2) is 6.32. The highest BCUT2D eigenvalue weighted by molar-refractivity contribution is 4.78. The van der Waals surface area contributed by atoms with Gasteiger partial charge in [-0.1, -0.05) is 0 Å². The van der Waals surface area contributed by atoms with Crippen LogP contribution in [0.25, 0.3) is 0 Å². The Morgan fingerprint density at radius 3 is 3.15 bits per heavy atom. The summed E-state index contributed by atoms with van der Waals surface area (Å²) in [5.41, 5.74) is 0. The van der Waals surface area contributed by atoms with Crippen molar-refractivity contribution in [3.8, 4) is 0 Å². The summed E-state index contributed by atoms with van der Waals surface area (Å²) in [4.78, 5) is 2.40. The van der Waals surface area contributed by atoms with E-state index in [1.807, 2.05) is 0 Å². The Kier molecular flexibility index (Phi) is 5.31. The Balaban J connectivity index is 2.05. The van der Waals surface area contributed by atoms with E-state index in [4.69, 9.17) is 4.74 Å². The van der Waals surface area contributed by atoms with Crippen LogP contribution in [0.15, 0.2) is 0 Å². The third kappa shape index (κ3) is 4.04. The molecule has 1 aliphatic rings. The summed E-state index contributed by atoms with van der Waals surface area (Å²) in [6, 6.07) is 0.630. The van der Waals surface area contributed by atoms with Crippen LogP contribution in [0.2, 0.25) is 0 Å². The van der Waals surface area contributed by atoms with Crippen molar-refractivity contribution >= 4 is 0 Å². The van der Waals surface area contributed by atoms with Crippen molar-refractivity contribution in [2.24, 2.45) is 0 Å². The van der Waals surface area contributed by atoms with Crippen molar-refractivity contribution in [2.45, 2.75) is 6.04 Å². The number of nitrogens with zero attached hydrogens (tertiary/aromatic N) is 1. The Morgan fingerprint density at radius 1 is 1.62 bits per heavy atom. The van der Waals surface area contributed by atoms with E-state index < -0.39 is 0 Å². The van der Waals surface area contributed by atoms with Crippen LogP contribution < -0.4 is 10.6 Å². The molecule has 0 bridgehead atoms. The number of nitrogens with one attached hydrogen (secondary N) is 2. The zero-order chi connectivity index (χ0) is 9.52. The molecular formula is C9H21N3O. The van der Waals surface area contributed by atoms with Crippen molar-refractivity contribution < 1.29 is 4.74 Å². The van der Waals surface area contributed by atoms with Gasteiger partial charge in [-0.15, -0.1) is 0 Å². The monoisotopic (exact) mass is 187 g/mol. The molecule has 1 atom stereocenters. The van der Waals surface area contributed by atoms with E-state index in [0.717, 1.165) is 39.3 Å². The van der Waals surface area contributed by atoms with Gasteiger partial charge in [0.05, 0.1) is 6.61 Å². The summed E-state index contributed by atoms with van der Waals surface area (Å²) in [7, 11) is 3.92. The second-order valence-corrected chi connectivity index (χ2v) is 3.54. The van der Waals surface area contributed by atoms with E-state index in [-0.39, 0.29) is 0 Å². The molecule has 1 unspecified atom stereocenters. The van der Waals surface area contributed by atoms with Gasteiger partial charge in [-0.2, -0.15) is 0 Å². The van der Waals surface area contributed by atoms with Gasteiger partial charge in [-0.25, -0.2) is 0 Å². The lowest BCUT2D eigenvalue weighted by Gasteiger charge is -2.33. The second-order valence-electron chi connectivity index (χ2n) is 3.54. The van der Waals surface area contributed by atoms with Crippen molar-refractivity contribution in [3.05, 3.63) is 0 Å². The van der Waals surface area contributed by atoms with Crippen LogP contribution in [-0.2, 0) is 4.74 Å². The van der Waals surface area contributed by atoms with E-state index in [0.29, 0.717) is 6.04 Å². The van der Waals surface area contributed by atoms with Gasteiger partial charge in [0.15, 0.2) is 0 Å². The molecule has 4 nitrogen and oxygen atoms in total. The molecule has 1 rings (SSSR count). The van der Waals surface area contributed by atoms with Gasteiger partial charge < -0.3 is 15.4 Å². The molecule has 0 aliphatic carbocycles. The molecule has 4 heteroatoms. The number of rotatable bonds is 5. The molecule has 1 aliphatic heterocycles. The fourth-order valence-electron chi connectivity index (χ4n) is 1.53. The Bertz CT molecular complexity index is 132. The first-order valence-corrected chi connectivity index (χ1v) is 4.95. The third-order valence-corrected chi connectivity index (χ3v) is 2.51. The van der Waals surface area contributed by atoms with Crippen molar-refractivity contribution in [3.63, 3.8) is 0 Å². The minimum Gasteiger partial charge on any atom is -0.383 e. The summed E-state index contributed by atoms with van der Waals surface area (Å²) in [5, 5.41) is 6.77. The van der Waals surface area contributed by atoms with Crippen LogP contribution in [0.5, 0.6) is 0 Å². The lowest BCUT2D eigenvalue weighted by atomic mass is 10.2. The average Bonchev–Trinajstić information content (AvgIpc) is 2.15. The van der Waals surface area contributed by atoms with Gasteiger partial charge in [0.1, 0.15) is 0 Å². The van der Waals surface area contributed by atoms with Gasteiger partial charge in [0.2, 0.25) is 0 Å². The first-order valence-electron chi connectivity index (χ1n) is 4.95. The highest BCUT2D eigenvalue weighted by atomic mass is 16.5. The van der Waals surface area contributed by atoms with Crippen LogP contribution in [0.4, 0.5) is 0 Å². The number of hydrogen-bond donors (Lipinski definition) is 2. The number of ether oxygens (including phenoxy) is 1. The lowest BCUT2D eigenvalue weighted by molar-refractivity contribution is 0.177. The Morgan fingerprint density at radius 2 is 2.46 bits per heavy atom. The predicted octanol–water partition coefficient (Wildman–Crippen LogP) is -0.874. The van der Waals surface area contributed by atoms with Crippen molar-refractivity contribution in [1.29, 1.82) is 0 Å². The molecule has 13 heavy (non-hydrogen) atoms. The van der Waals surface area contributed by atoms with Gasteiger partial charge in [-0.3, -0.25) is 4.90 Å². The normalized spacial score (nSPS) is 24.9. The van der Waals surface area contributed by atoms with Gasteiger partial charge in [-0.05, 0) is 7.05 Å². The number of piperazine rings is 1. The van der Waals surface area contributed by atoms with Crippen LogP contribution >= 0.6 is 0 Å². The maximum absolute atomic E-state index is 4.97. The van der Waals surface area contributed by atoms with Gasteiger partial charge in [0, 0.05) is 45.9 Å². The average molecular weight is 187 g/mol.